The molecule has 0 aliphatic carbocycles. The van der Waals surface area contributed by atoms with Gasteiger partial charge in [0.25, 0.3) is 0 Å². The lowest BCUT2D eigenvalue weighted by Crippen LogP contribution is -2.28. The minimum absolute atomic E-state index is 0.00365. The minimum atomic E-state index is -3.39. The van der Waals surface area contributed by atoms with E-state index in [9.17, 15) is 17.2 Å². The molecule has 19 heavy (non-hydrogen) atoms. The lowest BCUT2D eigenvalue weighted by molar-refractivity contribution is 0.506. The van der Waals surface area contributed by atoms with Gasteiger partial charge in [-0.05, 0) is 37.2 Å². The summed E-state index contributed by atoms with van der Waals surface area (Å²) in [6.07, 6.45) is 0.501. The van der Waals surface area contributed by atoms with Crippen LogP contribution in [0, 0.1) is 11.6 Å². The van der Waals surface area contributed by atoms with Gasteiger partial charge in [-0.25, -0.2) is 21.9 Å². The van der Waals surface area contributed by atoms with Gasteiger partial charge in [0, 0.05) is 6.54 Å². The molecular formula is C12H18F2N2O2S. The van der Waals surface area contributed by atoms with E-state index >= 15 is 0 Å². The Balaban J connectivity index is 2.43. The largest absolute Gasteiger partial charge is 0.317 e. The van der Waals surface area contributed by atoms with E-state index in [0.29, 0.717) is 18.5 Å². The molecular weight excluding hydrogens is 274 g/mol. The van der Waals surface area contributed by atoms with E-state index in [2.05, 4.69) is 10.0 Å². The molecule has 2 N–H and O–H groups in total. The molecule has 1 rings (SSSR count). The molecule has 0 aliphatic heterocycles. The molecule has 1 aromatic rings. The first-order chi connectivity index (χ1) is 8.94. The third kappa shape index (κ3) is 6.09. The van der Waals surface area contributed by atoms with Crippen molar-refractivity contribution in [3.63, 3.8) is 0 Å². The van der Waals surface area contributed by atoms with Crippen LogP contribution in [0.15, 0.2) is 18.2 Å². The third-order valence-corrected chi connectivity index (χ3v) is 3.91. The second-order valence-corrected chi connectivity index (χ2v) is 6.02. The molecule has 0 spiro atoms. The summed E-state index contributed by atoms with van der Waals surface area (Å²) in [6, 6.07) is 3.31. The van der Waals surface area contributed by atoms with Crippen LogP contribution < -0.4 is 10.0 Å². The number of benzene rings is 1. The zero-order valence-corrected chi connectivity index (χ0v) is 11.6. The topological polar surface area (TPSA) is 58.2 Å². The quantitative estimate of drug-likeness (QED) is 0.712. The van der Waals surface area contributed by atoms with Crippen LogP contribution in [-0.4, -0.2) is 27.3 Å². The van der Waals surface area contributed by atoms with Gasteiger partial charge in [0.15, 0.2) is 11.6 Å². The minimum Gasteiger partial charge on any atom is -0.317 e. The maximum Gasteiger partial charge on any atom is 0.211 e. The van der Waals surface area contributed by atoms with Crippen molar-refractivity contribution in [3.8, 4) is 0 Å². The molecule has 0 fully saturated rings. The smallest absolute Gasteiger partial charge is 0.211 e. The summed E-state index contributed by atoms with van der Waals surface area (Å²) in [6.45, 7) is 3.32. The molecule has 0 radical (unpaired) electrons. The van der Waals surface area contributed by atoms with Gasteiger partial charge in [0.1, 0.15) is 0 Å². The van der Waals surface area contributed by atoms with Crippen LogP contribution in [0.25, 0.3) is 0 Å². The Morgan fingerprint density at radius 2 is 1.95 bits per heavy atom. The van der Waals surface area contributed by atoms with Gasteiger partial charge in [-0.3, -0.25) is 0 Å². The summed E-state index contributed by atoms with van der Waals surface area (Å²) in [4.78, 5) is 0. The predicted octanol–water partition coefficient (Wildman–Crippen LogP) is 1.38. The van der Waals surface area contributed by atoms with Gasteiger partial charge in [-0.2, -0.15) is 0 Å². The SMILES string of the molecule is CCNCCCS(=O)(=O)NCc1ccc(F)c(F)c1. The van der Waals surface area contributed by atoms with Crippen LogP contribution in [0.5, 0.6) is 0 Å². The Hall–Kier alpha value is -1.05. The molecule has 4 nitrogen and oxygen atoms in total. The average molecular weight is 292 g/mol. The van der Waals surface area contributed by atoms with Crippen molar-refractivity contribution in [1.82, 2.24) is 10.0 Å². The first-order valence-electron chi connectivity index (χ1n) is 6.06. The van der Waals surface area contributed by atoms with Gasteiger partial charge in [0.2, 0.25) is 10.0 Å². The Morgan fingerprint density at radius 1 is 1.21 bits per heavy atom. The summed E-state index contributed by atoms with van der Waals surface area (Å²) in [7, 11) is -3.39. The summed E-state index contributed by atoms with van der Waals surface area (Å²) in [5.41, 5.74) is 0.383. The van der Waals surface area contributed by atoms with E-state index in [-0.39, 0.29) is 12.3 Å². The predicted molar refractivity (Wildman–Crippen MR) is 70.1 cm³/mol. The van der Waals surface area contributed by atoms with Crippen LogP contribution in [-0.2, 0) is 16.6 Å². The number of rotatable bonds is 8. The van der Waals surface area contributed by atoms with Crippen molar-refractivity contribution >= 4 is 10.0 Å². The van der Waals surface area contributed by atoms with E-state index < -0.39 is 21.7 Å². The normalized spacial score (nSPS) is 11.7. The standard InChI is InChI=1S/C12H18F2N2O2S/c1-2-15-6-3-7-19(17,18)16-9-10-4-5-11(13)12(14)8-10/h4-5,8,15-16H,2-3,6-7,9H2,1H3. The molecule has 0 bridgehead atoms. The highest BCUT2D eigenvalue weighted by Gasteiger charge is 2.10. The number of hydrogen-bond acceptors (Lipinski definition) is 3. The monoisotopic (exact) mass is 292 g/mol. The summed E-state index contributed by atoms with van der Waals surface area (Å²) in [5.74, 6) is -1.93. The van der Waals surface area contributed by atoms with Gasteiger partial charge >= 0.3 is 0 Å². The number of halogens is 2. The van der Waals surface area contributed by atoms with Crippen LogP contribution in [0.4, 0.5) is 8.78 Å². The van der Waals surface area contributed by atoms with Crippen LogP contribution in [0.1, 0.15) is 18.9 Å². The maximum absolute atomic E-state index is 12.9. The van der Waals surface area contributed by atoms with E-state index in [0.717, 1.165) is 18.7 Å². The summed E-state index contributed by atoms with van der Waals surface area (Å²) >= 11 is 0. The Bertz CT molecular complexity index is 506. The van der Waals surface area contributed by atoms with Gasteiger partial charge in [-0.1, -0.05) is 13.0 Å². The summed E-state index contributed by atoms with van der Waals surface area (Å²) in [5, 5.41) is 3.02. The summed E-state index contributed by atoms with van der Waals surface area (Å²) < 4.78 is 51.2. The lowest BCUT2D eigenvalue weighted by atomic mass is 10.2. The van der Waals surface area contributed by atoms with Crippen LogP contribution in [0.3, 0.4) is 0 Å². The van der Waals surface area contributed by atoms with E-state index in [1.54, 1.807) is 0 Å². The molecule has 0 amide bonds. The van der Waals surface area contributed by atoms with E-state index in [1.807, 2.05) is 6.92 Å². The lowest BCUT2D eigenvalue weighted by Gasteiger charge is -2.07. The fourth-order valence-corrected chi connectivity index (χ4v) is 2.53. The first-order valence-corrected chi connectivity index (χ1v) is 7.72. The second kappa shape index (κ2) is 7.52. The molecule has 0 heterocycles. The molecule has 0 atom stereocenters. The van der Waals surface area contributed by atoms with E-state index in [4.69, 9.17) is 0 Å². The van der Waals surface area contributed by atoms with Crippen molar-refractivity contribution in [2.24, 2.45) is 0 Å². The van der Waals surface area contributed by atoms with Crippen LogP contribution in [0.2, 0.25) is 0 Å². The third-order valence-electron chi connectivity index (χ3n) is 2.50. The molecule has 108 valence electrons. The van der Waals surface area contributed by atoms with Crippen molar-refractivity contribution < 1.29 is 17.2 Å². The zero-order valence-electron chi connectivity index (χ0n) is 10.7. The van der Waals surface area contributed by atoms with Gasteiger partial charge in [-0.15, -0.1) is 0 Å². The highest BCUT2D eigenvalue weighted by atomic mass is 32.2. The first kappa shape index (κ1) is 16.0. The molecule has 1 aromatic carbocycles. The Labute approximate surface area is 112 Å². The number of hydrogen-bond donors (Lipinski definition) is 2. The molecule has 0 saturated carbocycles. The number of nitrogens with one attached hydrogen (secondary N) is 2. The van der Waals surface area contributed by atoms with Crippen molar-refractivity contribution in [2.75, 3.05) is 18.8 Å². The molecule has 0 aliphatic rings. The highest BCUT2D eigenvalue weighted by molar-refractivity contribution is 7.89. The van der Waals surface area contributed by atoms with Crippen molar-refractivity contribution in [3.05, 3.63) is 35.4 Å². The fraction of sp³-hybridized carbons (Fsp3) is 0.500. The van der Waals surface area contributed by atoms with Crippen LogP contribution >= 0.6 is 0 Å². The van der Waals surface area contributed by atoms with E-state index in [1.165, 1.54) is 6.07 Å². The molecule has 0 saturated heterocycles. The second-order valence-electron chi connectivity index (χ2n) is 4.10. The highest BCUT2D eigenvalue weighted by Crippen LogP contribution is 2.08. The van der Waals surface area contributed by atoms with Gasteiger partial charge in [0.05, 0.1) is 5.75 Å². The zero-order chi connectivity index (χ0) is 14.3. The fourth-order valence-electron chi connectivity index (χ4n) is 1.48. The van der Waals surface area contributed by atoms with Crippen molar-refractivity contribution in [1.29, 1.82) is 0 Å². The molecule has 0 aromatic heterocycles. The molecule has 0 unspecified atom stereocenters. The Morgan fingerprint density at radius 3 is 2.58 bits per heavy atom. The number of sulfonamides is 1. The maximum atomic E-state index is 12.9. The molecule has 7 heteroatoms. The van der Waals surface area contributed by atoms with Crippen molar-refractivity contribution in [2.45, 2.75) is 19.9 Å². The Kier molecular flexibility index (Phi) is 6.33. The average Bonchev–Trinajstić information content (AvgIpc) is 2.36. The van der Waals surface area contributed by atoms with Gasteiger partial charge < -0.3 is 5.32 Å².